The molecule has 0 bridgehead atoms. The molecule has 2 aliphatic carbocycles. The minimum absolute atomic E-state index is 0.181. The normalized spacial score (nSPS) is 16.0. The molecule has 8 nitrogen and oxygen atoms in total. The van der Waals surface area contributed by atoms with Gasteiger partial charge in [0.1, 0.15) is 18.4 Å². The van der Waals surface area contributed by atoms with E-state index in [1.165, 1.54) is 19.3 Å². The first kappa shape index (κ1) is 24.1. The number of hydrogen-bond acceptors (Lipinski definition) is 4. The van der Waals surface area contributed by atoms with Gasteiger partial charge in [0, 0.05) is 41.6 Å². The molecule has 1 atom stereocenters. The van der Waals surface area contributed by atoms with E-state index in [2.05, 4.69) is 39.2 Å². The molecule has 2 fully saturated rings. The highest BCUT2D eigenvalue weighted by Gasteiger charge is 2.29. The van der Waals surface area contributed by atoms with Crippen molar-refractivity contribution in [3.63, 3.8) is 0 Å². The van der Waals surface area contributed by atoms with Gasteiger partial charge in [-0.25, -0.2) is 9.78 Å². The van der Waals surface area contributed by atoms with Crippen molar-refractivity contribution >= 4 is 22.6 Å². The lowest BCUT2D eigenvalue weighted by molar-refractivity contribution is 0.248. The van der Waals surface area contributed by atoms with Crippen molar-refractivity contribution in [2.75, 3.05) is 11.9 Å². The first-order valence-corrected chi connectivity index (χ1v) is 13.5. The summed E-state index contributed by atoms with van der Waals surface area (Å²) in [4.78, 5) is 16.5. The summed E-state index contributed by atoms with van der Waals surface area (Å²) in [5.41, 5.74) is 4.32. The predicted octanol–water partition coefficient (Wildman–Crippen LogP) is 6.10. The van der Waals surface area contributed by atoms with Crippen LogP contribution < -0.4 is 15.4 Å². The minimum Gasteiger partial charge on any atom is -0.492 e. The average Bonchev–Trinajstić information content (AvgIpc) is 3.53. The molecule has 2 aromatic carbocycles. The number of benzene rings is 2. The summed E-state index contributed by atoms with van der Waals surface area (Å²) >= 11 is 0. The third-order valence-electron chi connectivity index (χ3n) is 7.81. The van der Waals surface area contributed by atoms with Crippen molar-refractivity contribution in [3.05, 3.63) is 66.7 Å². The maximum Gasteiger partial charge on any atom is 0.319 e. The molecule has 0 saturated heterocycles. The zero-order valence-electron chi connectivity index (χ0n) is 21.6. The Bertz CT molecular complexity index is 1470. The number of carbonyl (C=O) groups is 1. The van der Waals surface area contributed by atoms with Crippen LogP contribution in [0.15, 0.2) is 61.2 Å². The highest BCUT2D eigenvalue weighted by atomic mass is 16.5. The van der Waals surface area contributed by atoms with Gasteiger partial charge in [-0.1, -0.05) is 12.1 Å². The van der Waals surface area contributed by atoms with E-state index in [4.69, 9.17) is 4.74 Å². The second kappa shape index (κ2) is 10.3. The van der Waals surface area contributed by atoms with E-state index in [1.54, 1.807) is 12.5 Å². The molecule has 2 aliphatic rings. The Labute approximate surface area is 222 Å². The Morgan fingerprint density at radius 2 is 2.00 bits per heavy atom. The largest absolute Gasteiger partial charge is 0.492 e. The van der Waals surface area contributed by atoms with Crippen LogP contribution in [0.25, 0.3) is 22.2 Å². The van der Waals surface area contributed by atoms with Gasteiger partial charge in [0.25, 0.3) is 0 Å². The number of carbonyl (C=O) groups excluding carboxylic acids is 1. The number of imidazole rings is 1. The van der Waals surface area contributed by atoms with Gasteiger partial charge in [0.05, 0.1) is 29.6 Å². The molecule has 4 aromatic rings. The number of hydrogen-bond donors (Lipinski definition) is 2. The van der Waals surface area contributed by atoms with E-state index < -0.39 is 0 Å². The molecular weight excluding hydrogens is 476 g/mol. The molecular formula is C30H32N6O2. The standard InChI is InChI=1S/C30H32N6O2/c1-20(21-5-6-21)33-30(37)34-23-9-7-22(8-10-23)29-27(18-31)26-12-11-25(38-16-15-35-14-13-32-19-35)17-28(26)36(29)24-3-2-4-24/h7-14,17,19-21,24H,2-6,15-16H2,1H3,(H2,33,34,37). The topological polar surface area (TPSA) is 96.9 Å². The molecule has 8 heteroatoms. The molecule has 2 saturated carbocycles. The number of aromatic nitrogens is 3. The van der Waals surface area contributed by atoms with Gasteiger partial charge in [-0.3, -0.25) is 0 Å². The van der Waals surface area contributed by atoms with E-state index in [0.29, 0.717) is 30.7 Å². The van der Waals surface area contributed by atoms with Crippen LogP contribution in [0, 0.1) is 17.2 Å². The predicted molar refractivity (Wildman–Crippen MR) is 147 cm³/mol. The summed E-state index contributed by atoms with van der Waals surface area (Å²) < 4.78 is 10.4. The highest BCUT2D eigenvalue weighted by molar-refractivity contribution is 5.96. The van der Waals surface area contributed by atoms with Crippen molar-refractivity contribution in [3.8, 4) is 23.1 Å². The van der Waals surface area contributed by atoms with Crippen LogP contribution in [0.2, 0.25) is 0 Å². The molecule has 2 heterocycles. The summed E-state index contributed by atoms with van der Waals surface area (Å²) in [5, 5.41) is 17.1. The maximum absolute atomic E-state index is 12.4. The van der Waals surface area contributed by atoms with Gasteiger partial charge in [0.2, 0.25) is 0 Å². The SMILES string of the molecule is CC(NC(=O)Nc1ccc(-c2c(C#N)c3ccc(OCCn4ccnc4)cc3n2C2CCC2)cc1)C1CC1. The lowest BCUT2D eigenvalue weighted by atomic mass is 9.92. The van der Waals surface area contributed by atoms with Gasteiger partial charge < -0.3 is 24.5 Å². The number of anilines is 1. The molecule has 2 amide bonds. The minimum atomic E-state index is -0.181. The number of nitrogens with zero attached hydrogens (tertiary/aromatic N) is 4. The van der Waals surface area contributed by atoms with Gasteiger partial charge >= 0.3 is 6.03 Å². The van der Waals surface area contributed by atoms with Gasteiger partial charge in [-0.15, -0.1) is 0 Å². The number of ether oxygens (including phenoxy) is 1. The van der Waals surface area contributed by atoms with E-state index in [-0.39, 0.29) is 12.1 Å². The first-order valence-electron chi connectivity index (χ1n) is 13.5. The molecule has 6 rings (SSSR count). The number of amides is 2. The zero-order chi connectivity index (χ0) is 26.1. The number of fused-ring (bicyclic) bond motifs is 1. The smallest absolute Gasteiger partial charge is 0.319 e. The van der Waals surface area contributed by atoms with Crippen molar-refractivity contribution < 1.29 is 9.53 Å². The summed E-state index contributed by atoms with van der Waals surface area (Å²) in [6.07, 6.45) is 11.2. The van der Waals surface area contributed by atoms with Gasteiger partial charge in [-0.05, 0) is 74.8 Å². The zero-order valence-corrected chi connectivity index (χ0v) is 21.6. The molecule has 2 N–H and O–H groups in total. The van der Waals surface area contributed by atoms with E-state index in [1.807, 2.05) is 47.2 Å². The maximum atomic E-state index is 12.4. The Hall–Kier alpha value is -4.25. The van der Waals surface area contributed by atoms with Crippen LogP contribution in [0.4, 0.5) is 10.5 Å². The molecule has 1 unspecified atom stereocenters. The Morgan fingerprint density at radius 1 is 1.18 bits per heavy atom. The van der Waals surface area contributed by atoms with Crippen LogP contribution in [-0.2, 0) is 6.54 Å². The monoisotopic (exact) mass is 508 g/mol. The average molecular weight is 509 g/mol. The van der Waals surface area contributed by atoms with Crippen LogP contribution >= 0.6 is 0 Å². The first-order chi connectivity index (χ1) is 18.6. The highest BCUT2D eigenvalue weighted by Crippen LogP contribution is 2.43. The summed E-state index contributed by atoms with van der Waals surface area (Å²) in [7, 11) is 0. The molecule has 38 heavy (non-hydrogen) atoms. The van der Waals surface area contributed by atoms with E-state index >= 15 is 0 Å². The molecule has 0 aliphatic heterocycles. The van der Waals surface area contributed by atoms with E-state index in [0.717, 1.165) is 46.4 Å². The second-order valence-corrected chi connectivity index (χ2v) is 10.4. The number of nitriles is 1. The third-order valence-corrected chi connectivity index (χ3v) is 7.81. The Morgan fingerprint density at radius 3 is 2.66 bits per heavy atom. The fraction of sp³-hybridized carbons (Fsp3) is 0.367. The molecule has 0 radical (unpaired) electrons. The van der Waals surface area contributed by atoms with Crippen molar-refractivity contribution in [2.24, 2.45) is 5.92 Å². The number of rotatable bonds is 9. The van der Waals surface area contributed by atoms with Crippen LogP contribution in [-0.4, -0.2) is 32.8 Å². The second-order valence-electron chi connectivity index (χ2n) is 10.4. The third kappa shape index (κ3) is 4.84. The Balaban J connectivity index is 1.27. The number of urea groups is 1. The molecule has 2 aromatic heterocycles. The van der Waals surface area contributed by atoms with Gasteiger partial charge in [0.15, 0.2) is 0 Å². The summed E-state index contributed by atoms with van der Waals surface area (Å²) in [5.74, 6) is 1.39. The van der Waals surface area contributed by atoms with Crippen molar-refractivity contribution in [1.82, 2.24) is 19.4 Å². The lowest BCUT2D eigenvalue weighted by Gasteiger charge is -2.30. The van der Waals surface area contributed by atoms with Crippen molar-refractivity contribution in [1.29, 1.82) is 5.26 Å². The summed E-state index contributed by atoms with van der Waals surface area (Å²) in [6.45, 7) is 3.30. The number of nitrogens with one attached hydrogen (secondary N) is 2. The van der Waals surface area contributed by atoms with E-state index in [9.17, 15) is 10.1 Å². The molecule has 194 valence electrons. The quantitative estimate of drug-likeness (QED) is 0.285. The van der Waals surface area contributed by atoms with Crippen LogP contribution in [0.5, 0.6) is 5.75 Å². The fourth-order valence-electron chi connectivity index (χ4n) is 5.29. The summed E-state index contributed by atoms with van der Waals surface area (Å²) in [6, 6.07) is 16.6. The Kier molecular flexibility index (Phi) is 6.50. The fourth-order valence-corrected chi connectivity index (χ4v) is 5.29. The van der Waals surface area contributed by atoms with Gasteiger partial charge in [-0.2, -0.15) is 5.26 Å². The van der Waals surface area contributed by atoms with Crippen LogP contribution in [0.1, 0.15) is 50.6 Å². The van der Waals surface area contributed by atoms with Crippen molar-refractivity contribution in [2.45, 2.75) is 57.7 Å². The molecule has 0 spiro atoms. The van der Waals surface area contributed by atoms with Crippen LogP contribution in [0.3, 0.4) is 0 Å². The lowest BCUT2D eigenvalue weighted by Crippen LogP contribution is -2.37.